The molecule has 0 aliphatic carbocycles. The van der Waals surface area contributed by atoms with E-state index in [2.05, 4.69) is 27.1 Å². The van der Waals surface area contributed by atoms with E-state index in [0.717, 1.165) is 31.4 Å². The van der Waals surface area contributed by atoms with E-state index in [-0.39, 0.29) is 5.82 Å². The van der Waals surface area contributed by atoms with Gasteiger partial charge in [0.1, 0.15) is 22.3 Å². The molecule has 1 unspecified atom stereocenters. The Hall–Kier alpha value is -3.20. The fourth-order valence-corrected chi connectivity index (χ4v) is 3.80. The van der Waals surface area contributed by atoms with Crippen LogP contribution in [0.4, 0.5) is 5.82 Å². The zero-order chi connectivity index (χ0) is 22.9. The molecule has 0 radical (unpaired) electrons. The number of aliphatic hydroxyl groups is 1. The highest BCUT2D eigenvalue weighted by molar-refractivity contribution is 5.89. The van der Waals surface area contributed by atoms with E-state index in [0.29, 0.717) is 47.5 Å². The van der Waals surface area contributed by atoms with Crippen LogP contribution in [0.2, 0.25) is 0 Å². The molecule has 3 aromatic rings. The summed E-state index contributed by atoms with van der Waals surface area (Å²) in [7, 11) is 0. The fourth-order valence-electron chi connectivity index (χ4n) is 3.80. The molecule has 0 bridgehead atoms. The maximum absolute atomic E-state index is 10.0. The summed E-state index contributed by atoms with van der Waals surface area (Å²) in [5.41, 5.74) is 6.77. The van der Waals surface area contributed by atoms with Gasteiger partial charge < -0.3 is 20.1 Å². The van der Waals surface area contributed by atoms with Crippen molar-refractivity contribution in [1.82, 2.24) is 29.9 Å². The number of hydrogen-bond donors (Lipinski definition) is 3. The van der Waals surface area contributed by atoms with Crippen molar-refractivity contribution in [3.05, 3.63) is 11.9 Å². The zero-order valence-electron chi connectivity index (χ0n) is 18.5. The van der Waals surface area contributed by atoms with Crippen LogP contribution in [0.15, 0.2) is 10.8 Å². The van der Waals surface area contributed by atoms with Gasteiger partial charge in [0.25, 0.3) is 0 Å². The Labute approximate surface area is 185 Å². The summed E-state index contributed by atoms with van der Waals surface area (Å²) in [6.07, 6.45) is 3.74. The van der Waals surface area contributed by atoms with Crippen LogP contribution in [0.3, 0.4) is 0 Å². The number of pyridine rings is 1. The van der Waals surface area contributed by atoms with E-state index in [1.807, 2.05) is 16.5 Å². The Morgan fingerprint density at radius 2 is 2.19 bits per heavy atom. The maximum atomic E-state index is 10.0. The summed E-state index contributed by atoms with van der Waals surface area (Å²) in [4.78, 5) is 9.19. The van der Waals surface area contributed by atoms with E-state index in [1.165, 1.54) is 0 Å². The minimum atomic E-state index is -1.17. The lowest BCUT2D eigenvalue weighted by molar-refractivity contribution is 0.132. The van der Waals surface area contributed by atoms with E-state index in [4.69, 9.17) is 25.9 Å². The number of fused-ring (bicyclic) bond motifs is 1. The second-order valence-corrected chi connectivity index (χ2v) is 8.47. The standard InChI is InChI=1S/C21H28N8O3/c1-4-29-18-15(31-12-13-6-5-9-28(23)11-13)10-24-14(7-8-21(2,3)30)16(18)25-20(29)17-19(22)27-32-26-17/h10,13,30H,4-6,9,11-12,23H2,1-3H3,(H2,22,27). The van der Waals surface area contributed by atoms with Crippen molar-refractivity contribution in [2.24, 2.45) is 11.8 Å². The van der Waals surface area contributed by atoms with Crippen molar-refractivity contribution >= 4 is 16.9 Å². The third kappa shape index (κ3) is 4.52. The topological polar surface area (TPSA) is 154 Å². The number of hydrazine groups is 1. The smallest absolute Gasteiger partial charge is 0.199 e. The minimum absolute atomic E-state index is 0.139. The van der Waals surface area contributed by atoms with E-state index < -0.39 is 5.60 Å². The number of aromatic nitrogens is 5. The largest absolute Gasteiger partial charge is 0.489 e. The summed E-state index contributed by atoms with van der Waals surface area (Å²) in [6.45, 7) is 7.96. The molecule has 1 aliphatic heterocycles. The zero-order valence-corrected chi connectivity index (χ0v) is 18.5. The summed E-state index contributed by atoms with van der Waals surface area (Å²) >= 11 is 0. The molecule has 0 amide bonds. The van der Waals surface area contributed by atoms with Crippen LogP contribution in [-0.4, -0.2) is 60.3 Å². The number of imidazole rings is 1. The highest BCUT2D eigenvalue weighted by atomic mass is 16.6. The average Bonchev–Trinajstić information content (AvgIpc) is 3.33. The van der Waals surface area contributed by atoms with Gasteiger partial charge in [0.15, 0.2) is 23.1 Å². The van der Waals surface area contributed by atoms with Crippen LogP contribution in [-0.2, 0) is 6.54 Å². The number of aryl methyl sites for hydroxylation is 1. The van der Waals surface area contributed by atoms with Crippen LogP contribution in [0.25, 0.3) is 22.6 Å². The molecule has 1 saturated heterocycles. The molecule has 11 nitrogen and oxygen atoms in total. The Morgan fingerprint density at radius 3 is 2.84 bits per heavy atom. The van der Waals surface area contributed by atoms with Gasteiger partial charge in [-0.1, -0.05) is 5.92 Å². The third-order valence-electron chi connectivity index (χ3n) is 5.29. The van der Waals surface area contributed by atoms with Crippen molar-refractivity contribution in [2.45, 2.75) is 45.8 Å². The molecule has 1 fully saturated rings. The molecular weight excluding hydrogens is 412 g/mol. The van der Waals surface area contributed by atoms with Crippen LogP contribution in [0, 0.1) is 17.8 Å². The molecule has 32 heavy (non-hydrogen) atoms. The quantitative estimate of drug-likeness (QED) is 0.389. The summed E-state index contributed by atoms with van der Waals surface area (Å²) in [5, 5.41) is 19.4. The molecule has 1 atom stereocenters. The number of hydrogen-bond acceptors (Lipinski definition) is 10. The van der Waals surface area contributed by atoms with Crippen LogP contribution in [0.1, 0.15) is 39.3 Å². The van der Waals surface area contributed by atoms with Gasteiger partial charge in [0.05, 0.1) is 12.8 Å². The van der Waals surface area contributed by atoms with Crippen LogP contribution < -0.4 is 16.3 Å². The molecule has 0 saturated carbocycles. The van der Waals surface area contributed by atoms with E-state index >= 15 is 0 Å². The van der Waals surface area contributed by atoms with Crippen molar-refractivity contribution in [3.8, 4) is 29.1 Å². The molecule has 5 N–H and O–H groups in total. The van der Waals surface area contributed by atoms with Gasteiger partial charge in [0.2, 0.25) is 0 Å². The predicted molar refractivity (Wildman–Crippen MR) is 118 cm³/mol. The van der Waals surface area contributed by atoms with Crippen LogP contribution >= 0.6 is 0 Å². The molecular formula is C21H28N8O3. The fraction of sp³-hybridized carbons (Fsp3) is 0.524. The third-order valence-corrected chi connectivity index (χ3v) is 5.29. The SMILES string of the molecule is CCn1c(-c2nonc2N)nc2c(C#CC(C)(C)O)ncc(OCC3CCCN(N)C3)c21. The highest BCUT2D eigenvalue weighted by Crippen LogP contribution is 2.33. The normalized spacial score (nSPS) is 17.3. The van der Waals surface area contributed by atoms with Crippen molar-refractivity contribution in [2.75, 3.05) is 25.4 Å². The lowest BCUT2D eigenvalue weighted by Gasteiger charge is -2.29. The predicted octanol–water partition coefficient (Wildman–Crippen LogP) is 1.17. The lowest BCUT2D eigenvalue weighted by Crippen LogP contribution is -2.42. The molecule has 1 aliphatic rings. The Morgan fingerprint density at radius 1 is 1.38 bits per heavy atom. The summed E-state index contributed by atoms with van der Waals surface area (Å²) < 4.78 is 12.9. The van der Waals surface area contributed by atoms with E-state index in [9.17, 15) is 5.11 Å². The Kier molecular flexibility index (Phi) is 6.01. The number of anilines is 1. The number of ether oxygens (including phenoxy) is 1. The van der Waals surface area contributed by atoms with Gasteiger partial charge >= 0.3 is 0 Å². The Balaban J connectivity index is 1.80. The number of nitrogens with two attached hydrogens (primary N) is 2. The van der Waals surface area contributed by atoms with Gasteiger partial charge in [-0.05, 0) is 49.8 Å². The lowest BCUT2D eigenvalue weighted by atomic mass is 10.0. The van der Waals surface area contributed by atoms with Gasteiger partial charge in [-0.15, -0.1) is 0 Å². The summed E-state index contributed by atoms with van der Waals surface area (Å²) in [6, 6.07) is 0. The first-order valence-electron chi connectivity index (χ1n) is 10.6. The molecule has 4 rings (SSSR count). The molecule has 3 aromatic heterocycles. The van der Waals surface area contributed by atoms with Gasteiger partial charge in [-0.2, -0.15) is 0 Å². The molecule has 11 heteroatoms. The number of rotatable bonds is 5. The van der Waals surface area contributed by atoms with Gasteiger partial charge in [-0.25, -0.2) is 19.6 Å². The molecule has 170 valence electrons. The van der Waals surface area contributed by atoms with Gasteiger partial charge in [0, 0.05) is 25.6 Å². The first-order chi connectivity index (χ1) is 15.3. The second-order valence-electron chi connectivity index (χ2n) is 8.47. The van der Waals surface area contributed by atoms with Crippen LogP contribution in [0.5, 0.6) is 5.75 Å². The maximum Gasteiger partial charge on any atom is 0.199 e. The monoisotopic (exact) mass is 440 g/mol. The number of nitrogens with zero attached hydrogens (tertiary/aromatic N) is 6. The minimum Gasteiger partial charge on any atom is -0.489 e. The summed E-state index contributed by atoms with van der Waals surface area (Å²) in [5.74, 6) is 13.2. The molecule has 4 heterocycles. The molecule has 0 spiro atoms. The van der Waals surface area contributed by atoms with Crippen molar-refractivity contribution in [3.63, 3.8) is 0 Å². The average molecular weight is 441 g/mol. The van der Waals surface area contributed by atoms with E-state index in [1.54, 1.807) is 20.0 Å². The Bertz CT molecular complexity index is 1170. The van der Waals surface area contributed by atoms with Gasteiger partial charge in [-0.3, -0.25) is 5.84 Å². The first kappa shape index (κ1) is 22.0. The first-order valence-corrected chi connectivity index (χ1v) is 10.6. The highest BCUT2D eigenvalue weighted by Gasteiger charge is 2.24. The van der Waals surface area contributed by atoms with Crippen molar-refractivity contribution in [1.29, 1.82) is 0 Å². The van der Waals surface area contributed by atoms with Crippen molar-refractivity contribution < 1.29 is 14.5 Å². The number of piperidine rings is 1. The molecule has 0 aromatic carbocycles. The second kappa shape index (κ2) is 8.74. The number of nitrogen functional groups attached to an aromatic ring is 1.